The summed E-state index contributed by atoms with van der Waals surface area (Å²) in [6, 6.07) is 9.35. The summed E-state index contributed by atoms with van der Waals surface area (Å²) in [6.07, 6.45) is 5.27. The van der Waals surface area contributed by atoms with Gasteiger partial charge in [0.25, 0.3) is 5.91 Å². The number of carbonyl (C=O) groups excluding carboxylic acids is 2. The topological polar surface area (TPSA) is 68.3 Å². The van der Waals surface area contributed by atoms with Gasteiger partial charge in [0, 0.05) is 6.20 Å². The molecule has 26 heavy (non-hydrogen) atoms. The van der Waals surface area contributed by atoms with Crippen molar-refractivity contribution in [3.63, 3.8) is 0 Å². The van der Waals surface area contributed by atoms with E-state index in [0.29, 0.717) is 10.8 Å². The van der Waals surface area contributed by atoms with Gasteiger partial charge in [-0.25, -0.2) is 4.98 Å². The van der Waals surface area contributed by atoms with Crippen LogP contribution in [0.4, 0.5) is 5.82 Å². The Morgan fingerprint density at radius 2 is 1.96 bits per heavy atom. The summed E-state index contributed by atoms with van der Waals surface area (Å²) in [4.78, 5) is 28.3. The third-order valence-corrected chi connectivity index (χ3v) is 4.64. The Balaban J connectivity index is 1.53. The zero-order chi connectivity index (χ0) is 18.5. The molecule has 1 amide bonds. The number of ether oxygens (including phenoxy) is 1. The molecule has 1 N–H and O–H groups in total. The first kappa shape index (κ1) is 18.4. The number of carbonyl (C=O) groups is 2. The number of benzene rings is 1. The van der Waals surface area contributed by atoms with E-state index < -0.39 is 18.0 Å². The maximum absolute atomic E-state index is 12.2. The lowest BCUT2D eigenvalue weighted by atomic mass is 9.90. The van der Waals surface area contributed by atoms with Crippen LogP contribution in [0.5, 0.6) is 0 Å². The lowest BCUT2D eigenvalue weighted by molar-refractivity contribution is -0.152. The summed E-state index contributed by atoms with van der Waals surface area (Å²) in [5, 5.41) is 3.07. The fraction of sp³-hybridized carbons (Fsp3) is 0.350. The van der Waals surface area contributed by atoms with Crippen molar-refractivity contribution in [1.82, 2.24) is 4.98 Å². The number of fused-ring (bicyclic) bond motifs is 1. The molecular formula is C20H21ClN2O3. The number of halogens is 1. The second kappa shape index (κ2) is 8.32. The molecule has 5 nitrogen and oxygen atoms in total. The van der Waals surface area contributed by atoms with Crippen molar-refractivity contribution in [2.75, 3.05) is 5.32 Å². The van der Waals surface area contributed by atoms with Gasteiger partial charge in [-0.3, -0.25) is 9.59 Å². The minimum absolute atomic E-state index is 0.157. The van der Waals surface area contributed by atoms with Crippen molar-refractivity contribution in [3.05, 3.63) is 58.2 Å². The fourth-order valence-electron chi connectivity index (χ4n) is 3.03. The third kappa shape index (κ3) is 4.82. The molecule has 1 heterocycles. The molecule has 6 heteroatoms. The number of nitrogens with one attached hydrogen (secondary N) is 1. The van der Waals surface area contributed by atoms with Crippen LogP contribution in [0.3, 0.4) is 0 Å². The maximum atomic E-state index is 12.2. The van der Waals surface area contributed by atoms with Gasteiger partial charge >= 0.3 is 5.97 Å². The van der Waals surface area contributed by atoms with E-state index in [1.807, 2.05) is 6.07 Å². The first-order chi connectivity index (χ1) is 12.5. The Kier molecular flexibility index (Phi) is 5.89. The molecule has 2 aromatic rings. The van der Waals surface area contributed by atoms with E-state index in [4.69, 9.17) is 16.3 Å². The lowest BCUT2D eigenvalue weighted by Gasteiger charge is -2.17. The molecule has 1 atom stereocenters. The highest BCUT2D eigenvalue weighted by Gasteiger charge is 2.19. The summed E-state index contributed by atoms with van der Waals surface area (Å²) in [5.41, 5.74) is 3.61. The molecule has 1 aromatic heterocycles. The quantitative estimate of drug-likeness (QED) is 0.812. The molecule has 0 saturated carbocycles. The third-order valence-electron chi connectivity index (χ3n) is 4.42. The Labute approximate surface area is 157 Å². The van der Waals surface area contributed by atoms with Crippen molar-refractivity contribution < 1.29 is 14.3 Å². The van der Waals surface area contributed by atoms with E-state index >= 15 is 0 Å². The van der Waals surface area contributed by atoms with Crippen LogP contribution >= 0.6 is 11.6 Å². The highest BCUT2D eigenvalue weighted by Crippen LogP contribution is 2.22. The SMILES string of the molecule is C[C@@H](OC(=O)Cc1ccc2c(c1)CCCC2)C(=O)Nc1ccc(Cl)cn1. The van der Waals surface area contributed by atoms with E-state index in [2.05, 4.69) is 22.4 Å². The largest absolute Gasteiger partial charge is 0.452 e. The Morgan fingerprint density at radius 3 is 2.69 bits per heavy atom. The van der Waals surface area contributed by atoms with Crippen molar-refractivity contribution in [3.8, 4) is 0 Å². The average Bonchev–Trinajstić information content (AvgIpc) is 2.63. The van der Waals surface area contributed by atoms with E-state index in [0.717, 1.165) is 18.4 Å². The van der Waals surface area contributed by atoms with Gasteiger partial charge in [-0.1, -0.05) is 29.8 Å². The van der Waals surface area contributed by atoms with Gasteiger partial charge in [-0.05, 0) is 61.4 Å². The lowest BCUT2D eigenvalue weighted by Crippen LogP contribution is -2.30. The fourth-order valence-corrected chi connectivity index (χ4v) is 3.15. The predicted molar refractivity (Wildman–Crippen MR) is 100 cm³/mol. The second-order valence-electron chi connectivity index (χ2n) is 6.47. The molecular weight excluding hydrogens is 352 g/mol. The van der Waals surface area contributed by atoms with Crippen LogP contribution in [0.25, 0.3) is 0 Å². The molecule has 0 bridgehead atoms. The molecule has 3 rings (SSSR count). The van der Waals surface area contributed by atoms with Gasteiger partial charge in [0.15, 0.2) is 6.10 Å². The molecule has 0 saturated heterocycles. The molecule has 1 aromatic carbocycles. The zero-order valence-corrected chi connectivity index (χ0v) is 15.4. The Morgan fingerprint density at radius 1 is 1.19 bits per heavy atom. The summed E-state index contributed by atoms with van der Waals surface area (Å²) >= 11 is 5.76. The van der Waals surface area contributed by atoms with Crippen molar-refractivity contribution in [2.24, 2.45) is 0 Å². The number of rotatable bonds is 5. The number of amides is 1. The van der Waals surface area contributed by atoms with E-state index in [1.54, 1.807) is 12.1 Å². The van der Waals surface area contributed by atoms with Crippen molar-refractivity contribution in [2.45, 2.75) is 45.1 Å². The van der Waals surface area contributed by atoms with Gasteiger partial charge in [0.2, 0.25) is 0 Å². The van der Waals surface area contributed by atoms with E-state index in [-0.39, 0.29) is 6.42 Å². The predicted octanol–water partition coefficient (Wildman–Crippen LogP) is 3.73. The molecule has 136 valence electrons. The Hall–Kier alpha value is -2.40. The highest BCUT2D eigenvalue weighted by atomic mass is 35.5. The van der Waals surface area contributed by atoms with E-state index in [1.165, 1.54) is 37.1 Å². The number of hydrogen-bond donors (Lipinski definition) is 1. The van der Waals surface area contributed by atoms with Crippen molar-refractivity contribution >= 4 is 29.3 Å². The first-order valence-corrected chi connectivity index (χ1v) is 9.11. The number of esters is 1. The number of aryl methyl sites for hydroxylation is 2. The molecule has 0 unspecified atom stereocenters. The molecule has 0 spiro atoms. The number of pyridine rings is 1. The van der Waals surface area contributed by atoms with Crippen LogP contribution in [0.1, 0.15) is 36.5 Å². The van der Waals surface area contributed by atoms with Gasteiger partial charge in [-0.15, -0.1) is 0 Å². The van der Waals surface area contributed by atoms with Crippen LogP contribution in [0.2, 0.25) is 5.02 Å². The van der Waals surface area contributed by atoms with Crippen LogP contribution in [-0.2, 0) is 33.6 Å². The van der Waals surface area contributed by atoms with E-state index in [9.17, 15) is 9.59 Å². The van der Waals surface area contributed by atoms with Crippen LogP contribution in [0, 0.1) is 0 Å². The Bertz CT molecular complexity index is 805. The average molecular weight is 373 g/mol. The summed E-state index contributed by atoms with van der Waals surface area (Å²) in [6.45, 7) is 1.54. The molecule has 0 aliphatic heterocycles. The van der Waals surface area contributed by atoms with Gasteiger partial charge in [-0.2, -0.15) is 0 Å². The standard InChI is InChI=1S/C20H21ClN2O3/c1-13(20(25)23-18-9-8-17(21)12-22-18)26-19(24)11-14-6-7-15-4-2-3-5-16(15)10-14/h6-10,12-13H,2-5,11H2,1H3,(H,22,23,25)/t13-/m1/s1. The normalized spacial score (nSPS) is 14.2. The zero-order valence-electron chi connectivity index (χ0n) is 14.6. The number of aromatic nitrogens is 1. The number of hydrogen-bond acceptors (Lipinski definition) is 4. The minimum Gasteiger partial charge on any atom is -0.452 e. The van der Waals surface area contributed by atoms with Crippen LogP contribution in [0.15, 0.2) is 36.5 Å². The van der Waals surface area contributed by atoms with Crippen molar-refractivity contribution in [1.29, 1.82) is 0 Å². The summed E-state index contributed by atoms with van der Waals surface area (Å²) < 4.78 is 5.25. The van der Waals surface area contributed by atoms with Gasteiger partial charge in [0.05, 0.1) is 11.4 Å². The highest BCUT2D eigenvalue weighted by molar-refractivity contribution is 6.30. The number of nitrogens with zero attached hydrogens (tertiary/aromatic N) is 1. The molecule has 0 radical (unpaired) electrons. The molecule has 1 aliphatic rings. The number of anilines is 1. The van der Waals surface area contributed by atoms with Gasteiger partial charge < -0.3 is 10.1 Å². The smallest absolute Gasteiger partial charge is 0.311 e. The molecule has 0 fully saturated rings. The monoisotopic (exact) mass is 372 g/mol. The first-order valence-electron chi connectivity index (χ1n) is 8.74. The minimum atomic E-state index is -0.905. The summed E-state index contributed by atoms with van der Waals surface area (Å²) in [7, 11) is 0. The molecule has 1 aliphatic carbocycles. The van der Waals surface area contributed by atoms with Gasteiger partial charge in [0.1, 0.15) is 5.82 Å². The second-order valence-corrected chi connectivity index (χ2v) is 6.91. The summed E-state index contributed by atoms with van der Waals surface area (Å²) in [5.74, 6) is -0.497. The maximum Gasteiger partial charge on any atom is 0.311 e. The van der Waals surface area contributed by atoms with Crippen LogP contribution < -0.4 is 5.32 Å². The van der Waals surface area contributed by atoms with Crippen LogP contribution in [-0.4, -0.2) is 23.0 Å².